The Morgan fingerprint density at radius 2 is 2.18 bits per heavy atom. The number of rotatable bonds is 11. The maximum absolute atomic E-state index is 15.4. The molecular formula is C26H32FN3O3S. The number of halogens is 1. The number of aromatic nitrogens is 2. The van der Waals surface area contributed by atoms with Crippen molar-refractivity contribution in [1.82, 2.24) is 14.9 Å². The summed E-state index contributed by atoms with van der Waals surface area (Å²) < 4.78 is 20.7. The number of likely N-dealkylation sites (tertiary alicyclic amines) is 1. The molecule has 0 spiro atoms. The molecule has 8 heteroatoms. The fraction of sp³-hybridized carbons (Fsp3) is 0.500. The molecule has 0 amide bonds. The molecule has 1 aliphatic heterocycles. The number of pyridine rings is 1. The molecule has 3 atom stereocenters. The average molecular weight is 486 g/mol. The maximum Gasteiger partial charge on any atom is 0.303 e. The van der Waals surface area contributed by atoms with Crippen molar-refractivity contribution >= 4 is 28.2 Å². The van der Waals surface area contributed by atoms with Crippen molar-refractivity contribution in [2.75, 3.05) is 26.7 Å². The summed E-state index contributed by atoms with van der Waals surface area (Å²) in [5.74, 6) is 0.168. The van der Waals surface area contributed by atoms with Crippen molar-refractivity contribution in [3.05, 3.63) is 52.6 Å². The highest BCUT2D eigenvalue weighted by atomic mass is 32.1. The van der Waals surface area contributed by atoms with Gasteiger partial charge in [0.1, 0.15) is 11.9 Å². The van der Waals surface area contributed by atoms with Gasteiger partial charge < -0.3 is 14.7 Å². The number of carboxylic acid groups (broad SMARTS) is 1. The topological polar surface area (TPSA) is 75.5 Å². The van der Waals surface area contributed by atoms with Crippen molar-refractivity contribution < 1.29 is 19.0 Å². The highest BCUT2D eigenvalue weighted by Crippen LogP contribution is 2.36. The molecular weight excluding hydrogens is 453 g/mol. The second-order valence-electron chi connectivity index (χ2n) is 9.06. The van der Waals surface area contributed by atoms with E-state index in [1.807, 2.05) is 29.8 Å². The van der Waals surface area contributed by atoms with Gasteiger partial charge in [0.15, 0.2) is 0 Å². The zero-order chi connectivity index (χ0) is 23.9. The summed E-state index contributed by atoms with van der Waals surface area (Å²) in [7, 11) is 1.60. The van der Waals surface area contributed by atoms with Crippen LogP contribution in [0.5, 0.6) is 5.75 Å². The lowest BCUT2D eigenvalue weighted by atomic mass is 9.79. The van der Waals surface area contributed by atoms with Crippen molar-refractivity contribution in [3.63, 3.8) is 0 Å². The van der Waals surface area contributed by atoms with Crippen LogP contribution in [0.2, 0.25) is 0 Å². The lowest BCUT2D eigenvalue weighted by Crippen LogP contribution is -2.42. The van der Waals surface area contributed by atoms with E-state index in [0.717, 1.165) is 54.8 Å². The first-order chi connectivity index (χ1) is 16.5. The minimum atomic E-state index is -1.13. The Labute approximate surface area is 203 Å². The largest absolute Gasteiger partial charge is 0.497 e. The molecule has 6 nitrogen and oxygen atoms in total. The summed E-state index contributed by atoms with van der Waals surface area (Å²) in [6.45, 7) is 2.64. The standard InChI is InChI=1S/C26H32FN3O3S/c1-33-20-5-7-24-22(16-20)21(8-10-28-24)23(27)6-4-18-9-13-30(17-19(18)15-26(31)32)12-2-3-25-29-11-14-34-25/h5,7-8,10-11,14,16,18-19,23H,2-4,6,9,12-13,15,17H2,1H3,(H,31,32)/t18-,19+,23-/m1/s1. The Hall–Kier alpha value is -2.58. The Balaban J connectivity index is 1.35. The molecule has 2 aromatic heterocycles. The second kappa shape index (κ2) is 11.7. The van der Waals surface area contributed by atoms with E-state index in [-0.39, 0.29) is 18.3 Å². The predicted octanol–water partition coefficient (Wildman–Crippen LogP) is 5.54. The number of benzene rings is 1. The highest BCUT2D eigenvalue weighted by molar-refractivity contribution is 7.09. The second-order valence-corrected chi connectivity index (χ2v) is 10.0. The van der Waals surface area contributed by atoms with Crippen LogP contribution in [0.1, 0.15) is 48.8 Å². The van der Waals surface area contributed by atoms with Gasteiger partial charge in [-0.05, 0) is 80.4 Å². The van der Waals surface area contributed by atoms with Crippen LogP contribution in [0.4, 0.5) is 4.39 Å². The van der Waals surface area contributed by atoms with E-state index < -0.39 is 12.1 Å². The SMILES string of the molecule is COc1ccc2nccc([C@H](F)CC[C@@H]3CCN(CCCc4nccs4)C[C@@H]3CC(=O)O)c2c1. The first-order valence-corrected chi connectivity index (χ1v) is 12.8. The van der Waals surface area contributed by atoms with Gasteiger partial charge in [0.25, 0.3) is 0 Å². The van der Waals surface area contributed by atoms with Gasteiger partial charge in [-0.15, -0.1) is 11.3 Å². The number of piperidine rings is 1. The number of hydrogen-bond acceptors (Lipinski definition) is 6. The Morgan fingerprint density at radius 3 is 2.94 bits per heavy atom. The summed E-state index contributed by atoms with van der Waals surface area (Å²) in [5.41, 5.74) is 1.37. The van der Waals surface area contributed by atoms with Crippen LogP contribution in [0, 0.1) is 11.8 Å². The number of carbonyl (C=O) groups is 1. The molecule has 1 fully saturated rings. The molecule has 4 rings (SSSR count). The molecule has 1 aromatic carbocycles. The van der Waals surface area contributed by atoms with Crippen LogP contribution in [-0.2, 0) is 11.2 Å². The summed E-state index contributed by atoms with van der Waals surface area (Å²) in [6.07, 6.45) is 6.43. The van der Waals surface area contributed by atoms with Crippen LogP contribution in [-0.4, -0.2) is 52.7 Å². The molecule has 3 heterocycles. The van der Waals surface area contributed by atoms with E-state index >= 15 is 4.39 Å². The van der Waals surface area contributed by atoms with Gasteiger partial charge in [-0.2, -0.15) is 0 Å². The first-order valence-electron chi connectivity index (χ1n) is 11.9. The Kier molecular flexibility index (Phi) is 8.45. The molecule has 0 bridgehead atoms. The van der Waals surface area contributed by atoms with Gasteiger partial charge in [0.05, 0.1) is 17.6 Å². The highest BCUT2D eigenvalue weighted by Gasteiger charge is 2.31. The molecule has 0 aliphatic carbocycles. The summed E-state index contributed by atoms with van der Waals surface area (Å²) >= 11 is 1.68. The van der Waals surface area contributed by atoms with Crippen molar-refractivity contribution in [3.8, 4) is 5.75 Å². The first kappa shape index (κ1) is 24.5. The van der Waals surface area contributed by atoms with Gasteiger partial charge in [-0.1, -0.05) is 0 Å². The molecule has 0 saturated carbocycles. The minimum absolute atomic E-state index is 0.0487. The lowest BCUT2D eigenvalue weighted by Gasteiger charge is -2.38. The third-order valence-corrected chi connectivity index (χ3v) is 7.71. The number of nitrogens with zero attached hydrogens (tertiary/aromatic N) is 3. The van der Waals surface area contributed by atoms with Gasteiger partial charge in [0, 0.05) is 42.5 Å². The van der Waals surface area contributed by atoms with E-state index in [1.54, 1.807) is 30.7 Å². The molecule has 34 heavy (non-hydrogen) atoms. The number of thiazole rings is 1. The smallest absolute Gasteiger partial charge is 0.303 e. The monoisotopic (exact) mass is 485 g/mol. The molecule has 0 unspecified atom stereocenters. The van der Waals surface area contributed by atoms with Gasteiger partial charge in [-0.3, -0.25) is 9.78 Å². The number of ether oxygens (including phenoxy) is 1. The third-order valence-electron chi connectivity index (χ3n) is 6.87. The number of hydrogen-bond donors (Lipinski definition) is 1. The van der Waals surface area contributed by atoms with E-state index in [0.29, 0.717) is 24.2 Å². The number of carboxylic acids is 1. The third kappa shape index (κ3) is 6.30. The van der Waals surface area contributed by atoms with Crippen LogP contribution < -0.4 is 4.74 Å². The number of aliphatic carboxylic acids is 1. The molecule has 1 aliphatic rings. The van der Waals surface area contributed by atoms with Crippen molar-refractivity contribution in [1.29, 1.82) is 0 Å². The number of aryl methyl sites for hydroxylation is 1. The molecule has 182 valence electrons. The molecule has 1 N–H and O–H groups in total. The van der Waals surface area contributed by atoms with Crippen LogP contribution in [0.25, 0.3) is 10.9 Å². The maximum atomic E-state index is 15.4. The predicted molar refractivity (Wildman–Crippen MR) is 132 cm³/mol. The summed E-state index contributed by atoms with van der Waals surface area (Å²) in [6, 6.07) is 7.25. The number of fused-ring (bicyclic) bond motifs is 1. The lowest BCUT2D eigenvalue weighted by molar-refractivity contribution is -0.139. The average Bonchev–Trinajstić information content (AvgIpc) is 3.36. The summed E-state index contributed by atoms with van der Waals surface area (Å²) in [5, 5.41) is 13.4. The zero-order valence-corrected chi connectivity index (χ0v) is 20.3. The number of methoxy groups -OCH3 is 1. The van der Waals surface area contributed by atoms with Crippen LogP contribution in [0.3, 0.4) is 0 Å². The Bertz CT molecular complexity index is 1080. The van der Waals surface area contributed by atoms with E-state index in [9.17, 15) is 9.90 Å². The van der Waals surface area contributed by atoms with Crippen molar-refractivity contribution in [2.24, 2.45) is 11.8 Å². The fourth-order valence-corrected chi connectivity index (χ4v) is 5.75. The fourth-order valence-electron chi connectivity index (χ4n) is 5.09. The minimum Gasteiger partial charge on any atom is -0.497 e. The number of alkyl halides is 1. The zero-order valence-electron chi connectivity index (χ0n) is 19.5. The molecule has 1 saturated heterocycles. The van der Waals surface area contributed by atoms with Gasteiger partial charge >= 0.3 is 5.97 Å². The van der Waals surface area contributed by atoms with Gasteiger partial charge in [-0.25, -0.2) is 9.37 Å². The quantitative estimate of drug-likeness (QED) is 0.385. The van der Waals surface area contributed by atoms with Gasteiger partial charge in [0.2, 0.25) is 0 Å². The normalized spacial score (nSPS) is 19.8. The van der Waals surface area contributed by atoms with Crippen LogP contribution in [0.15, 0.2) is 42.0 Å². The van der Waals surface area contributed by atoms with Crippen LogP contribution >= 0.6 is 11.3 Å². The van der Waals surface area contributed by atoms with E-state index in [2.05, 4.69) is 14.9 Å². The van der Waals surface area contributed by atoms with Crippen molar-refractivity contribution in [2.45, 2.75) is 44.7 Å². The summed E-state index contributed by atoms with van der Waals surface area (Å²) in [4.78, 5) is 22.6. The molecule has 0 radical (unpaired) electrons. The Morgan fingerprint density at radius 1 is 1.29 bits per heavy atom. The van der Waals surface area contributed by atoms with E-state index in [4.69, 9.17) is 4.74 Å². The van der Waals surface area contributed by atoms with E-state index in [1.165, 1.54) is 0 Å². The molecule has 3 aromatic rings.